The van der Waals surface area contributed by atoms with Crippen molar-refractivity contribution in [1.82, 2.24) is 9.97 Å². The molecule has 170 valence electrons. The first-order valence-electron chi connectivity index (χ1n) is 10.9. The fraction of sp³-hybridized carbons (Fsp3) is 0.111. The lowest BCUT2D eigenvalue weighted by Crippen LogP contribution is -2.42. The Hall–Kier alpha value is -4.39. The number of nitrogens with one attached hydrogen (secondary N) is 1. The summed E-state index contributed by atoms with van der Waals surface area (Å²) in [7, 11) is 0. The SMILES string of the molecule is CCc1ccc(N(C(=O)c2cnccn2)C(C(=O)Nc2ccc(F)cc2)c2ccccc2)cc1. The molecule has 0 saturated carbocycles. The van der Waals surface area contributed by atoms with Crippen LogP contribution in [0.3, 0.4) is 0 Å². The van der Waals surface area contributed by atoms with Crippen molar-refractivity contribution in [2.24, 2.45) is 0 Å². The van der Waals surface area contributed by atoms with Gasteiger partial charge in [-0.25, -0.2) is 9.37 Å². The second kappa shape index (κ2) is 10.5. The minimum absolute atomic E-state index is 0.109. The van der Waals surface area contributed by atoms with Crippen LogP contribution >= 0.6 is 0 Å². The highest BCUT2D eigenvalue weighted by Gasteiger charge is 2.34. The molecule has 0 aliphatic carbocycles. The minimum atomic E-state index is -1.02. The number of carbonyl (C=O) groups excluding carboxylic acids is 2. The number of anilines is 2. The number of benzene rings is 3. The van der Waals surface area contributed by atoms with E-state index in [9.17, 15) is 14.0 Å². The molecule has 4 rings (SSSR count). The van der Waals surface area contributed by atoms with Gasteiger partial charge in [0.15, 0.2) is 0 Å². The molecule has 0 fully saturated rings. The third-order valence-electron chi connectivity index (χ3n) is 5.36. The highest BCUT2D eigenvalue weighted by atomic mass is 19.1. The van der Waals surface area contributed by atoms with Crippen molar-refractivity contribution in [3.63, 3.8) is 0 Å². The standard InChI is InChI=1S/C27H23FN4O2/c1-2-19-8-14-23(15-9-19)32(27(34)24-18-29-16-17-30-24)25(20-6-4-3-5-7-20)26(33)31-22-12-10-21(28)11-13-22/h3-18,25H,2H2,1H3,(H,31,33). The first kappa shape index (κ1) is 22.8. The van der Waals surface area contributed by atoms with Crippen LogP contribution in [0.1, 0.15) is 34.6 Å². The van der Waals surface area contributed by atoms with Gasteiger partial charge in [-0.2, -0.15) is 0 Å². The predicted octanol–water partition coefficient (Wildman–Crippen LogP) is 5.20. The van der Waals surface area contributed by atoms with Crippen molar-refractivity contribution in [3.8, 4) is 0 Å². The quantitative estimate of drug-likeness (QED) is 0.416. The smallest absolute Gasteiger partial charge is 0.279 e. The van der Waals surface area contributed by atoms with E-state index in [4.69, 9.17) is 0 Å². The van der Waals surface area contributed by atoms with Crippen LogP contribution in [0.2, 0.25) is 0 Å². The van der Waals surface area contributed by atoms with E-state index in [-0.39, 0.29) is 5.69 Å². The van der Waals surface area contributed by atoms with E-state index >= 15 is 0 Å². The number of hydrogen-bond acceptors (Lipinski definition) is 4. The lowest BCUT2D eigenvalue weighted by molar-refractivity contribution is -0.117. The van der Waals surface area contributed by atoms with E-state index in [0.717, 1.165) is 12.0 Å². The maximum absolute atomic E-state index is 13.7. The second-order valence-electron chi connectivity index (χ2n) is 7.60. The van der Waals surface area contributed by atoms with E-state index in [1.165, 1.54) is 47.8 Å². The highest BCUT2D eigenvalue weighted by molar-refractivity contribution is 6.11. The fourth-order valence-corrected chi connectivity index (χ4v) is 3.61. The molecule has 3 aromatic carbocycles. The van der Waals surface area contributed by atoms with Crippen LogP contribution in [0.5, 0.6) is 0 Å². The van der Waals surface area contributed by atoms with Crippen LogP contribution in [0, 0.1) is 5.82 Å². The maximum atomic E-state index is 13.7. The topological polar surface area (TPSA) is 75.2 Å². The van der Waals surface area contributed by atoms with Crippen LogP contribution in [0.25, 0.3) is 0 Å². The van der Waals surface area contributed by atoms with Crippen LogP contribution in [0.15, 0.2) is 97.5 Å². The van der Waals surface area contributed by atoms with Crippen molar-refractivity contribution < 1.29 is 14.0 Å². The number of nitrogens with zero attached hydrogens (tertiary/aromatic N) is 3. The van der Waals surface area contributed by atoms with Crippen LogP contribution in [-0.2, 0) is 11.2 Å². The molecule has 0 saturated heterocycles. The molecule has 0 aliphatic rings. The molecule has 7 heteroatoms. The molecule has 0 aliphatic heterocycles. The molecule has 34 heavy (non-hydrogen) atoms. The summed E-state index contributed by atoms with van der Waals surface area (Å²) in [5.74, 6) is -1.33. The summed E-state index contributed by atoms with van der Waals surface area (Å²) in [6, 6.07) is 20.9. The monoisotopic (exact) mass is 454 g/mol. The maximum Gasteiger partial charge on any atom is 0.279 e. The van der Waals surface area contributed by atoms with E-state index in [1.807, 2.05) is 37.3 Å². The van der Waals surface area contributed by atoms with Gasteiger partial charge in [0.25, 0.3) is 11.8 Å². The van der Waals surface area contributed by atoms with Crippen molar-refractivity contribution in [1.29, 1.82) is 0 Å². The number of aromatic nitrogens is 2. The summed E-state index contributed by atoms with van der Waals surface area (Å²) in [4.78, 5) is 36.9. The molecule has 0 spiro atoms. The number of carbonyl (C=O) groups is 2. The molecule has 1 atom stereocenters. The zero-order valence-electron chi connectivity index (χ0n) is 18.6. The average Bonchev–Trinajstić information content (AvgIpc) is 2.89. The van der Waals surface area contributed by atoms with Gasteiger partial charge in [-0.15, -0.1) is 0 Å². The Morgan fingerprint density at radius 3 is 2.26 bits per heavy atom. The molecule has 2 amide bonds. The van der Waals surface area contributed by atoms with Gasteiger partial charge < -0.3 is 5.32 Å². The number of rotatable bonds is 7. The van der Waals surface area contributed by atoms with Crippen molar-refractivity contribution in [2.75, 3.05) is 10.2 Å². The largest absolute Gasteiger partial charge is 0.324 e. The lowest BCUT2D eigenvalue weighted by atomic mass is 10.0. The van der Waals surface area contributed by atoms with Gasteiger partial charge in [0.05, 0.1) is 6.20 Å². The Labute approximate surface area is 197 Å². The Morgan fingerprint density at radius 1 is 0.941 bits per heavy atom. The van der Waals surface area contributed by atoms with Crippen molar-refractivity contribution >= 4 is 23.2 Å². The summed E-state index contributed by atoms with van der Waals surface area (Å²) in [6.07, 6.45) is 5.12. The van der Waals surface area contributed by atoms with E-state index in [0.29, 0.717) is 16.9 Å². The third kappa shape index (κ3) is 5.15. The van der Waals surface area contributed by atoms with Gasteiger partial charge in [0.2, 0.25) is 0 Å². The van der Waals surface area contributed by atoms with Gasteiger partial charge in [-0.05, 0) is 53.9 Å². The second-order valence-corrected chi connectivity index (χ2v) is 7.60. The first-order chi connectivity index (χ1) is 16.6. The van der Waals surface area contributed by atoms with E-state index < -0.39 is 23.7 Å². The van der Waals surface area contributed by atoms with E-state index in [1.54, 1.807) is 24.3 Å². The molecule has 1 unspecified atom stereocenters. The highest BCUT2D eigenvalue weighted by Crippen LogP contribution is 2.31. The molecule has 0 radical (unpaired) electrons. The fourth-order valence-electron chi connectivity index (χ4n) is 3.61. The Morgan fingerprint density at radius 2 is 1.65 bits per heavy atom. The molecule has 1 heterocycles. The Bertz CT molecular complexity index is 1250. The molecule has 1 N–H and O–H groups in total. The normalized spacial score (nSPS) is 11.5. The number of aryl methyl sites for hydroxylation is 1. The van der Waals surface area contributed by atoms with Crippen LogP contribution in [0.4, 0.5) is 15.8 Å². The van der Waals surface area contributed by atoms with Gasteiger partial charge in [0.1, 0.15) is 17.6 Å². The third-order valence-corrected chi connectivity index (χ3v) is 5.36. The summed E-state index contributed by atoms with van der Waals surface area (Å²) >= 11 is 0. The summed E-state index contributed by atoms with van der Waals surface area (Å²) in [5.41, 5.74) is 2.77. The van der Waals surface area contributed by atoms with Gasteiger partial charge in [0, 0.05) is 23.8 Å². The van der Waals surface area contributed by atoms with Gasteiger partial charge in [-0.1, -0.05) is 49.4 Å². The average molecular weight is 455 g/mol. The molecule has 1 aromatic heterocycles. The van der Waals surface area contributed by atoms with Gasteiger partial charge in [-0.3, -0.25) is 19.5 Å². The van der Waals surface area contributed by atoms with Gasteiger partial charge >= 0.3 is 0 Å². The molecule has 4 aromatic rings. The molecular weight excluding hydrogens is 431 g/mol. The number of amides is 2. The predicted molar refractivity (Wildman–Crippen MR) is 129 cm³/mol. The Kier molecular flexibility index (Phi) is 7.03. The van der Waals surface area contributed by atoms with E-state index in [2.05, 4.69) is 15.3 Å². The van der Waals surface area contributed by atoms with Crippen LogP contribution in [-0.4, -0.2) is 21.8 Å². The molecule has 0 bridgehead atoms. The summed E-state index contributed by atoms with van der Waals surface area (Å²) < 4.78 is 13.4. The Balaban J connectivity index is 1.82. The molecular formula is C27H23FN4O2. The number of halogens is 1. The number of hydrogen-bond donors (Lipinski definition) is 1. The van der Waals surface area contributed by atoms with Crippen molar-refractivity contribution in [2.45, 2.75) is 19.4 Å². The van der Waals surface area contributed by atoms with Crippen LogP contribution < -0.4 is 10.2 Å². The summed E-state index contributed by atoms with van der Waals surface area (Å²) in [5, 5.41) is 2.81. The summed E-state index contributed by atoms with van der Waals surface area (Å²) in [6.45, 7) is 2.04. The zero-order valence-corrected chi connectivity index (χ0v) is 18.6. The molecule has 6 nitrogen and oxygen atoms in total. The minimum Gasteiger partial charge on any atom is -0.324 e. The van der Waals surface area contributed by atoms with Crippen molar-refractivity contribution in [3.05, 3.63) is 120 Å². The first-order valence-corrected chi connectivity index (χ1v) is 10.9. The lowest BCUT2D eigenvalue weighted by Gasteiger charge is -2.31. The zero-order chi connectivity index (χ0) is 23.9.